The van der Waals surface area contributed by atoms with Gasteiger partial charge in [0, 0.05) is 20.6 Å². The summed E-state index contributed by atoms with van der Waals surface area (Å²) in [6.07, 6.45) is 0.604. The number of nitrogens with one attached hydrogen (secondary N) is 2. The number of amides is 3. The van der Waals surface area contributed by atoms with E-state index in [1.54, 1.807) is 7.05 Å². The summed E-state index contributed by atoms with van der Waals surface area (Å²) >= 11 is 0. The molecule has 0 aliphatic rings. The van der Waals surface area contributed by atoms with Crippen LogP contribution in [0, 0.1) is 5.41 Å². The summed E-state index contributed by atoms with van der Waals surface area (Å²) in [5.74, 6) is -0.833. The maximum atomic E-state index is 13.1. The van der Waals surface area contributed by atoms with E-state index in [9.17, 15) is 9.59 Å². The molecule has 31 heavy (non-hydrogen) atoms. The molecule has 1 atom stereocenters. The number of likely N-dealkylation sites (N-methyl/N-ethyl adjacent to an activating group) is 1. The van der Waals surface area contributed by atoms with E-state index in [1.807, 2.05) is 49.4 Å². The third kappa shape index (κ3) is 6.41. The number of hydrogen-bond donors (Lipinski definition) is 2. The monoisotopic (exact) mass is 422 g/mol. The number of urea groups is 1. The zero-order valence-corrected chi connectivity index (χ0v) is 19.4. The van der Waals surface area contributed by atoms with Crippen molar-refractivity contribution in [1.29, 1.82) is 5.41 Å². The van der Waals surface area contributed by atoms with E-state index in [0.717, 1.165) is 11.1 Å². The molecule has 2 rings (SSSR count). The topological polar surface area (TPSA) is 76.5 Å². The first-order chi connectivity index (χ1) is 14.5. The molecular formula is C25H34N4O2. The predicted octanol–water partition coefficient (Wildman–Crippen LogP) is 4.71. The molecule has 0 bridgehead atoms. The van der Waals surface area contributed by atoms with Crippen LogP contribution in [0.3, 0.4) is 0 Å². The van der Waals surface area contributed by atoms with Crippen LogP contribution >= 0.6 is 0 Å². The lowest BCUT2D eigenvalue weighted by molar-refractivity contribution is -0.128. The fraction of sp³-hybridized carbons (Fsp3) is 0.400. The number of carbonyl (C=O) groups excluding carboxylic acids is 2. The van der Waals surface area contributed by atoms with Crippen LogP contribution in [0.4, 0.5) is 4.79 Å². The minimum Gasteiger partial charge on any atom is -0.323 e. The van der Waals surface area contributed by atoms with Gasteiger partial charge in [0.2, 0.25) is 11.9 Å². The van der Waals surface area contributed by atoms with Gasteiger partial charge < -0.3 is 4.90 Å². The van der Waals surface area contributed by atoms with Gasteiger partial charge in [0.05, 0.1) is 5.92 Å². The van der Waals surface area contributed by atoms with Crippen molar-refractivity contribution in [3.63, 3.8) is 0 Å². The maximum Gasteiger partial charge on any atom is 0.324 e. The predicted molar refractivity (Wildman–Crippen MR) is 125 cm³/mol. The van der Waals surface area contributed by atoms with Gasteiger partial charge in [-0.1, -0.05) is 82.3 Å². The van der Waals surface area contributed by atoms with E-state index in [4.69, 9.17) is 5.41 Å². The summed E-state index contributed by atoms with van der Waals surface area (Å²) in [6, 6.07) is 17.2. The maximum absolute atomic E-state index is 13.1. The third-order valence-corrected chi connectivity index (χ3v) is 5.39. The Morgan fingerprint density at radius 2 is 1.58 bits per heavy atom. The Labute approximate surface area is 185 Å². The zero-order valence-electron chi connectivity index (χ0n) is 19.4. The molecule has 6 nitrogen and oxygen atoms in total. The molecule has 0 aromatic heterocycles. The van der Waals surface area contributed by atoms with Gasteiger partial charge in [-0.25, -0.2) is 4.79 Å². The summed E-state index contributed by atoms with van der Waals surface area (Å²) in [5, 5.41) is 10.7. The molecule has 0 heterocycles. The second-order valence-corrected chi connectivity index (χ2v) is 8.85. The Morgan fingerprint density at radius 3 is 2.10 bits per heavy atom. The molecule has 2 aromatic rings. The van der Waals surface area contributed by atoms with Crippen molar-refractivity contribution < 1.29 is 9.59 Å². The second-order valence-electron chi connectivity index (χ2n) is 8.85. The number of carbonyl (C=O) groups is 2. The smallest absolute Gasteiger partial charge is 0.323 e. The van der Waals surface area contributed by atoms with Crippen molar-refractivity contribution >= 4 is 17.9 Å². The Morgan fingerprint density at radius 1 is 1.00 bits per heavy atom. The molecule has 0 fully saturated rings. The molecule has 0 radical (unpaired) electrons. The van der Waals surface area contributed by atoms with Crippen LogP contribution in [-0.2, 0) is 16.8 Å². The average Bonchev–Trinajstić information content (AvgIpc) is 2.74. The van der Waals surface area contributed by atoms with Gasteiger partial charge in [-0.05, 0) is 28.5 Å². The minimum absolute atomic E-state index is 0.0409. The van der Waals surface area contributed by atoms with Crippen molar-refractivity contribution in [2.45, 2.75) is 52.0 Å². The molecule has 6 heteroatoms. The van der Waals surface area contributed by atoms with Gasteiger partial charge in [0.25, 0.3) is 0 Å². The van der Waals surface area contributed by atoms with Crippen LogP contribution in [0.2, 0.25) is 0 Å². The van der Waals surface area contributed by atoms with Crippen molar-refractivity contribution in [1.82, 2.24) is 15.1 Å². The second kappa shape index (κ2) is 10.2. The first-order valence-corrected chi connectivity index (χ1v) is 10.6. The fourth-order valence-corrected chi connectivity index (χ4v) is 3.32. The van der Waals surface area contributed by atoms with Crippen LogP contribution in [-0.4, -0.2) is 41.8 Å². The molecule has 0 spiro atoms. The average molecular weight is 423 g/mol. The normalized spacial score (nSPS) is 12.1. The van der Waals surface area contributed by atoms with Gasteiger partial charge in [-0.2, -0.15) is 0 Å². The highest BCUT2D eigenvalue weighted by Gasteiger charge is 2.26. The molecule has 2 N–H and O–H groups in total. The molecule has 166 valence electrons. The van der Waals surface area contributed by atoms with Gasteiger partial charge in [0.15, 0.2) is 0 Å². The minimum atomic E-state index is -0.434. The van der Waals surface area contributed by atoms with Crippen molar-refractivity contribution in [2.24, 2.45) is 0 Å². The first-order valence-electron chi connectivity index (χ1n) is 10.6. The van der Waals surface area contributed by atoms with E-state index in [0.29, 0.717) is 13.0 Å². The summed E-state index contributed by atoms with van der Waals surface area (Å²) in [6.45, 7) is 8.81. The van der Waals surface area contributed by atoms with Crippen LogP contribution in [0.1, 0.15) is 56.7 Å². The van der Waals surface area contributed by atoms with Gasteiger partial charge >= 0.3 is 6.03 Å². The van der Waals surface area contributed by atoms with E-state index in [1.165, 1.54) is 22.4 Å². The number of rotatable bonds is 5. The number of guanidine groups is 1. The molecule has 1 unspecified atom stereocenters. The van der Waals surface area contributed by atoms with E-state index >= 15 is 0 Å². The molecule has 0 aliphatic heterocycles. The third-order valence-electron chi connectivity index (χ3n) is 5.39. The number of hydrogen-bond acceptors (Lipinski definition) is 3. The highest BCUT2D eigenvalue weighted by Crippen LogP contribution is 2.27. The SMILES string of the molecule is CCC(C(=O)N(C)C(=N)NC(=O)N(C)Cc1ccccc1)c1ccc(C(C)(C)C)cc1. The van der Waals surface area contributed by atoms with Crippen LogP contribution in [0.15, 0.2) is 54.6 Å². The molecule has 0 aliphatic carbocycles. The number of benzene rings is 2. The number of nitrogens with zero attached hydrogens (tertiary/aromatic N) is 2. The lowest BCUT2D eigenvalue weighted by Gasteiger charge is -2.26. The van der Waals surface area contributed by atoms with Crippen molar-refractivity contribution in [3.05, 3.63) is 71.3 Å². The Balaban J connectivity index is 2.02. The summed E-state index contributed by atoms with van der Waals surface area (Å²) < 4.78 is 0. The Bertz CT molecular complexity index is 901. The van der Waals surface area contributed by atoms with E-state index in [2.05, 4.69) is 38.2 Å². The van der Waals surface area contributed by atoms with Gasteiger partial charge in [-0.3, -0.25) is 20.4 Å². The highest BCUT2D eigenvalue weighted by molar-refractivity contribution is 6.04. The lowest BCUT2D eigenvalue weighted by Crippen LogP contribution is -2.49. The van der Waals surface area contributed by atoms with Gasteiger partial charge in [0.1, 0.15) is 0 Å². The van der Waals surface area contributed by atoms with E-state index < -0.39 is 6.03 Å². The molecule has 0 saturated heterocycles. The Hall–Kier alpha value is -3.15. The summed E-state index contributed by atoms with van der Waals surface area (Å²) in [5.41, 5.74) is 3.14. The largest absolute Gasteiger partial charge is 0.324 e. The Kier molecular flexibility index (Phi) is 7.97. The molecule has 2 aromatic carbocycles. The van der Waals surface area contributed by atoms with Gasteiger partial charge in [-0.15, -0.1) is 0 Å². The first kappa shape index (κ1) is 24.1. The van der Waals surface area contributed by atoms with Crippen LogP contribution in [0.25, 0.3) is 0 Å². The molecule has 0 saturated carbocycles. The molecular weight excluding hydrogens is 388 g/mol. The summed E-state index contributed by atoms with van der Waals surface area (Å²) in [4.78, 5) is 28.2. The van der Waals surface area contributed by atoms with E-state index in [-0.39, 0.29) is 23.2 Å². The van der Waals surface area contributed by atoms with Crippen LogP contribution in [0.5, 0.6) is 0 Å². The molecule has 3 amide bonds. The van der Waals surface area contributed by atoms with Crippen molar-refractivity contribution in [3.8, 4) is 0 Å². The highest BCUT2D eigenvalue weighted by atomic mass is 16.2. The fourth-order valence-electron chi connectivity index (χ4n) is 3.32. The quantitative estimate of drug-likeness (QED) is 0.541. The zero-order chi connectivity index (χ0) is 23.2. The van der Waals surface area contributed by atoms with Crippen LogP contribution < -0.4 is 5.32 Å². The lowest BCUT2D eigenvalue weighted by atomic mass is 9.85. The summed E-state index contributed by atoms with van der Waals surface area (Å²) in [7, 11) is 3.18. The van der Waals surface area contributed by atoms with Crippen molar-refractivity contribution in [2.75, 3.05) is 14.1 Å². The standard InChI is InChI=1S/C25H34N4O2/c1-7-21(19-13-15-20(16-14-19)25(2,3)4)22(30)29(6)23(26)27-24(31)28(5)17-18-11-9-8-10-12-18/h8-16,21H,7,17H2,1-6H3,(H2,26,27,31).